The van der Waals surface area contributed by atoms with Crippen LogP contribution in [0.4, 0.5) is 8.78 Å². The second-order valence-corrected chi connectivity index (χ2v) is 3.80. The van der Waals surface area contributed by atoms with Crippen LogP contribution in [0.1, 0.15) is 5.56 Å². The molecule has 0 aliphatic heterocycles. The number of benzene rings is 1. The van der Waals surface area contributed by atoms with Gasteiger partial charge in [0.1, 0.15) is 0 Å². The highest BCUT2D eigenvalue weighted by Crippen LogP contribution is 2.22. The third kappa shape index (κ3) is 4.29. The van der Waals surface area contributed by atoms with Crippen molar-refractivity contribution in [3.63, 3.8) is 0 Å². The molecule has 1 rings (SSSR count). The number of rotatable bonds is 6. The van der Waals surface area contributed by atoms with Gasteiger partial charge in [-0.1, -0.05) is 0 Å². The Kier molecular flexibility index (Phi) is 5.51. The largest absolute Gasteiger partial charge is 0.478 e. The van der Waals surface area contributed by atoms with Crippen molar-refractivity contribution in [2.75, 3.05) is 26.7 Å². The fourth-order valence-corrected chi connectivity index (χ4v) is 1.34. The molecule has 6 heteroatoms. The van der Waals surface area contributed by atoms with Crippen LogP contribution in [0.15, 0.2) is 12.1 Å². The van der Waals surface area contributed by atoms with Crippen molar-refractivity contribution in [2.45, 2.75) is 6.92 Å². The Hall–Kier alpha value is -1.69. The van der Waals surface area contributed by atoms with Gasteiger partial charge in [-0.2, -0.15) is 0 Å². The zero-order valence-corrected chi connectivity index (χ0v) is 10.3. The van der Waals surface area contributed by atoms with E-state index in [1.54, 1.807) is 14.0 Å². The van der Waals surface area contributed by atoms with Crippen LogP contribution in [0.2, 0.25) is 0 Å². The lowest BCUT2D eigenvalue weighted by Crippen LogP contribution is -2.34. The molecule has 0 saturated heterocycles. The zero-order valence-electron chi connectivity index (χ0n) is 10.3. The van der Waals surface area contributed by atoms with Gasteiger partial charge in [0.15, 0.2) is 24.0 Å². The Bertz CT molecular complexity index is 402. The number of carbonyl (C=O) groups is 1. The Morgan fingerprint density at radius 3 is 2.44 bits per heavy atom. The Labute approximate surface area is 104 Å². The van der Waals surface area contributed by atoms with E-state index in [0.29, 0.717) is 18.7 Å². The van der Waals surface area contributed by atoms with Crippen LogP contribution in [0, 0.1) is 18.6 Å². The molecule has 1 amide bonds. The number of halogens is 2. The van der Waals surface area contributed by atoms with Crippen molar-refractivity contribution in [1.29, 1.82) is 0 Å². The lowest BCUT2D eigenvalue weighted by atomic mass is 10.2. The summed E-state index contributed by atoms with van der Waals surface area (Å²) in [7, 11) is 1.75. The van der Waals surface area contributed by atoms with Crippen LogP contribution in [0.5, 0.6) is 5.75 Å². The molecule has 0 unspecified atom stereocenters. The Morgan fingerprint density at radius 2 is 1.89 bits per heavy atom. The van der Waals surface area contributed by atoms with Crippen molar-refractivity contribution in [3.8, 4) is 5.75 Å². The zero-order chi connectivity index (χ0) is 13.5. The highest BCUT2D eigenvalue weighted by Gasteiger charge is 2.12. The third-order valence-corrected chi connectivity index (χ3v) is 2.19. The first-order valence-electron chi connectivity index (χ1n) is 5.54. The van der Waals surface area contributed by atoms with E-state index >= 15 is 0 Å². The van der Waals surface area contributed by atoms with E-state index in [9.17, 15) is 13.6 Å². The molecular formula is C12H16F2N2O2. The molecule has 0 aliphatic carbocycles. The highest BCUT2D eigenvalue weighted by molar-refractivity contribution is 5.77. The lowest BCUT2D eigenvalue weighted by molar-refractivity contribution is -0.123. The first-order chi connectivity index (χ1) is 8.54. The lowest BCUT2D eigenvalue weighted by Gasteiger charge is -2.09. The third-order valence-electron chi connectivity index (χ3n) is 2.19. The number of carbonyl (C=O) groups excluding carboxylic acids is 1. The first-order valence-corrected chi connectivity index (χ1v) is 5.54. The number of ether oxygens (including phenoxy) is 1. The molecule has 100 valence electrons. The van der Waals surface area contributed by atoms with E-state index in [4.69, 9.17) is 4.74 Å². The minimum Gasteiger partial charge on any atom is -0.478 e. The van der Waals surface area contributed by atoms with Crippen LogP contribution in [0.25, 0.3) is 0 Å². The average Bonchev–Trinajstić information content (AvgIpc) is 2.27. The van der Waals surface area contributed by atoms with Crippen LogP contribution in [-0.4, -0.2) is 32.7 Å². The van der Waals surface area contributed by atoms with Crippen molar-refractivity contribution < 1.29 is 18.3 Å². The molecule has 0 spiro atoms. The summed E-state index contributed by atoms with van der Waals surface area (Å²) in [6.45, 7) is 2.19. The van der Waals surface area contributed by atoms with Gasteiger partial charge in [-0.3, -0.25) is 4.79 Å². The fraction of sp³-hybridized carbons (Fsp3) is 0.417. The normalized spacial score (nSPS) is 10.2. The smallest absolute Gasteiger partial charge is 0.257 e. The van der Waals surface area contributed by atoms with Crippen LogP contribution < -0.4 is 15.4 Å². The summed E-state index contributed by atoms with van der Waals surface area (Å²) >= 11 is 0. The molecular weight excluding hydrogens is 242 g/mol. The Balaban J connectivity index is 2.51. The maximum Gasteiger partial charge on any atom is 0.257 e. The predicted octanol–water partition coefficient (Wildman–Crippen LogP) is 0.988. The molecule has 1 aromatic carbocycles. The van der Waals surface area contributed by atoms with Crippen molar-refractivity contribution in [1.82, 2.24) is 10.6 Å². The standard InChI is InChI=1S/C12H16F2N2O2/c1-8-5-9(13)12(10(14)6-8)18-7-11(17)16-4-3-15-2/h5-6,15H,3-4,7H2,1-2H3,(H,16,17). The van der Waals surface area contributed by atoms with Crippen LogP contribution in [0.3, 0.4) is 0 Å². The van der Waals surface area contributed by atoms with E-state index in [0.717, 1.165) is 12.1 Å². The number of hydrogen-bond acceptors (Lipinski definition) is 3. The highest BCUT2D eigenvalue weighted by atomic mass is 19.1. The van der Waals surface area contributed by atoms with E-state index in [2.05, 4.69) is 10.6 Å². The van der Waals surface area contributed by atoms with Crippen molar-refractivity contribution >= 4 is 5.91 Å². The van der Waals surface area contributed by atoms with Crippen molar-refractivity contribution in [2.24, 2.45) is 0 Å². The van der Waals surface area contributed by atoms with Gasteiger partial charge in [0.2, 0.25) is 0 Å². The molecule has 0 bridgehead atoms. The van der Waals surface area contributed by atoms with Crippen molar-refractivity contribution in [3.05, 3.63) is 29.3 Å². The van der Waals surface area contributed by atoms with Gasteiger partial charge in [-0.05, 0) is 31.7 Å². The van der Waals surface area contributed by atoms with Gasteiger partial charge in [-0.25, -0.2) is 8.78 Å². The molecule has 2 N–H and O–H groups in total. The predicted molar refractivity (Wildman–Crippen MR) is 63.5 cm³/mol. The average molecular weight is 258 g/mol. The summed E-state index contributed by atoms with van der Waals surface area (Å²) in [5.74, 6) is -2.57. The quantitative estimate of drug-likeness (QED) is 0.748. The molecule has 0 heterocycles. The molecule has 18 heavy (non-hydrogen) atoms. The summed E-state index contributed by atoms with van der Waals surface area (Å²) in [5.41, 5.74) is 0.454. The Morgan fingerprint density at radius 1 is 1.28 bits per heavy atom. The maximum atomic E-state index is 13.4. The minimum absolute atomic E-state index is 0.416. The van der Waals surface area contributed by atoms with E-state index in [1.165, 1.54) is 0 Å². The fourth-order valence-electron chi connectivity index (χ4n) is 1.34. The monoisotopic (exact) mass is 258 g/mol. The van der Waals surface area contributed by atoms with Gasteiger partial charge < -0.3 is 15.4 Å². The van der Waals surface area contributed by atoms with Crippen LogP contribution in [-0.2, 0) is 4.79 Å². The molecule has 0 radical (unpaired) electrons. The molecule has 4 nitrogen and oxygen atoms in total. The van der Waals surface area contributed by atoms with Gasteiger partial charge in [0, 0.05) is 13.1 Å². The first kappa shape index (κ1) is 14.4. The second kappa shape index (κ2) is 6.90. The molecule has 0 saturated carbocycles. The summed E-state index contributed by atoms with van der Waals surface area (Å²) in [6.07, 6.45) is 0. The topological polar surface area (TPSA) is 50.4 Å². The van der Waals surface area contributed by atoms with Gasteiger partial charge in [0.05, 0.1) is 0 Å². The second-order valence-electron chi connectivity index (χ2n) is 3.80. The molecule has 0 atom stereocenters. The number of amides is 1. The molecule has 0 aliphatic rings. The summed E-state index contributed by atoms with van der Waals surface area (Å²) in [6, 6.07) is 2.30. The minimum atomic E-state index is -0.810. The SMILES string of the molecule is CNCCNC(=O)COc1c(F)cc(C)cc1F. The van der Waals surface area contributed by atoms with E-state index in [1.807, 2.05) is 0 Å². The van der Waals surface area contributed by atoms with Gasteiger partial charge in [-0.15, -0.1) is 0 Å². The summed E-state index contributed by atoms with van der Waals surface area (Å²) in [5, 5.41) is 5.38. The van der Waals surface area contributed by atoms with Gasteiger partial charge in [0.25, 0.3) is 5.91 Å². The molecule has 0 fully saturated rings. The van der Waals surface area contributed by atoms with E-state index in [-0.39, 0.29) is 0 Å². The summed E-state index contributed by atoms with van der Waals surface area (Å²) in [4.78, 5) is 11.3. The maximum absolute atomic E-state index is 13.4. The summed E-state index contributed by atoms with van der Waals surface area (Å²) < 4.78 is 31.6. The van der Waals surface area contributed by atoms with Gasteiger partial charge >= 0.3 is 0 Å². The number of aryl methyl sites for hydroxylation is 1. The molecule has 1 aromatic rings. The number of likely N-dealkylation sites (N-methyl/N-ethyl adjacent to an activating group) is 1. The number of nitrogens with one attached hydrogen (secondary N) is 2. The van der Waals surface area contributed by atoms with Crippen LogP contribution >= 0.6 is 0 Å². The molecule has 0 aromatic heterocycles. The van der Waals surface area contributed by atoms with E-state index < -0.39 is 29.9 Å². The number of hydrogen-bond donors (Lipinski definition) is 2.